The molecule has 2 aromatic heterocycles. The predicted octanol–water partition coefficient (Wildman–Crippen LogP) is 4.18. The summed E-state index contributed by atoms with van der Waals surface area (Å²) in [5.74, 6) is 0.581. The molecule has 0 saturated carbocycles. The zero-order valence-electron chi connectivity index (χ0n) is 16.4. The number of carbonyl (C=O) groups excluding carboxylic acids is 1. The van der Waals surface area contributed by atoms with Crippen LogP contribution in [-0.4, -0.2) is 47.3 Å². The lowest BCUT2D eigenvalue weighted by atomic mass is 10.0. The smallest absolute Gasteiger partial charge is 0.266 e. The minimum Gasteiger partial charge on any atom is -0.361 e. The first kappa shape index (κ1) is 19.7. The lowest BCUT2D eigenvalue weighted by Crippen LogP contribution is -2.29. The SMILES string of the molecule is O=C1C(=Cc2cccc(-c3ccc4[nH]ccc4c3)c2)SC(=S)N1CCCc1nn[nH]n1. The number of aromatic nitrogens is 5. The van der Waals surface area contributed by atoms with Crippen molar-refractivity contribution < 1.29 is 4.79 Å². The molecule has 7 nitrogen and oxygen atoms in total. The van der Waals surface area contributed by atoms with E-state index in [1.165, 1.54) is 17.1 Å². The van der Waals surface area contributed by atoms with E-state index in [2.05, 4.69) is 62.0 Å². The Hall–Kier alpha value is -3.30. The average molecular weight is 447 g/mol. The molecule has 1 fully saturated rings. The van der Waals surface area contributed by atoms with Crippen molar-refractivity contribution in [2.24, 2.45) is 0 Å². The van der Waals surface area contributed by atoms with Gasteiger partial charge in [0.05, 0.1) is 4.91 Å². The molecule has 0 unspecified atom stereocenters. The fourth-order valence-corrected chi connectivity index (χ4v) is 4.88. The van der Waals surface area contributed by atoms with Gasteiger partial charge in [-0.05, 0) is 58.8 Å². The van der Waals surface area contributed by atoms with Crippen LogP contribution in [0.4, 0.5) is 0 Å². The third-order valence-corrected chi connectivity index (χ3v) is 6.49. The molecule has 2 aromatic carbocycles. The number of nitrogens with one attached hydrogen (secondary N) is 2. The summed E-state index contributed by atoms with van der Waals surface area (Å²) < 4.78 is 0.582. The molecule has 5 rings (SSSR count). The van der Waals surface area contributed by atoms with Crippen molar-refractivity contribution in [3.8, 4) is 11.1 Å². The zero-order valence-corrected chi connectivity index (χ0v) is 18.0. The van der Waals surface area contributed by atoms with E-state index in [4.69, 9.17) is 12.2 Å². The Bertz CT molecular complexity index is 1290. The summed E-state index contributed by atoms with van der Waals surface area (Å²) in [6.45, 7) is 0.535. The maximum absolute atomic E-state index is 12.9. The Balaban J connectivity index is 1.32. The molecule has 1 aliphatic heterocycles. The van der Waals surface area contributed by atoms with Gasteiger partial charge in [-0.25, -0.2) is 0 Å². The number of thiocarbonyl (C=S) groups is 1. The summed E-state index contributed by atoms with van der Waals surface area (Å²) in [5.41, 5.74) is 4.32. The summed E-state index contributed by atoms with van der Waals surface area (Å²) in [7, 11) is 0. The second-order valence-electron chi connectivity index (χ2n) is 7.17. The molecule has 0 aliphatic carbocycles. The van der Waals surface area contributed by atoms with Gasteiger partial charge in [-0.2, -0.15) is 5.21 Å². The zero-order chi connectivity index (χ0) is 21.2. The lowest BCUT2D eigenvalue weighted by Gasteiger charge is -2.13. The molecule has 2 N–H and O–H groups in total. The Morgan fingerprint density at radius 1 is 1.13 bits per heavy atom. The molecule has 1 saturated heterocycles. The number of tetrazole rings is 1. The van der Waals surface area contributed by atoms with Crippen molar-refractivity contribution in [3.05, 3.63) is 71.0 Å². The van der Waals surface area contributed by atoms with Crippen molar-refractivity contribution in [2.75, 3.05) is 6.54 Å². The first-order valence-electron chi connectivity index (χ1n) is 9.83. The number of amides is 1. The van der Waals surface area contributed by atoms with E-state index in [0.717, 1.165) is 28.6 Å². The van der Waals surface area contributed by atoms with Gasteiger partial charge in [0.25, 0.3) is 5.91 Å². The summed E-state index contributed by atoms with van der Waals surface area (Å²) in [6.07, 6.45) is 5.21. The molecule has 1 amide bonds. The van der Waals surface area contributed by atoms with Crippen molar-refractivity contribution >= 4 is 51.2 Å². The molecule has 0 bridgehead atoms. The van der Waals surface area contributed by atoms with Crippen molar-refractivity contribution in [2.45, 2.75) is 12.8 Å². The van der Waals surface area contributed by atoms with Crippen LogP contribution in [-0.2, 0) is 11.2 Å². The average Bonchev–Trinajstić information content (AvgIpc) is 3.51. The molecule has 3 heterocycles. The number of hydrogen-bond acceptors (Lipinski definition) is 6. The van der Waals surface area contributed by atoms with E-state index in [9.17, 15) is 4.79 Å². The molecule has 1 aliphatic rings. The van der Waals surface area contributed by atoms with Gasteiger partial charge in [-0.15, -0.1) is 10.2 Å². The topological polar surface area (TPSA) is 90.6 Å². The minimum atomic E-state index is -0.0535. The maximum atomic E-state index is 12.9. The highest BCUT2D eigenvalue weighted by Crippen LogP contribution is 2.33. The molecule has 0 radical (unpaired) electrons. The molecule has 0 atom stereocenters. The highest BCUT2D eigenvalue weighted by Gasteiger charge is 2.31. The fourth-order valence-electron chi connectivity index (χ4n) is 3.57. The van der Waals surface area contributed by atoms with Gasteiger partial charge in [0.1, 0.15) is 4.32 Å². The van der Waals surface area contributed by atoms with Crippen LogP contribution in [0.15, 0.2) is 59.6 Å². The number of nitrogens with zero attached hydrogens (tertiary/aromatic N) is 4. The molecule has 4 aromatic rings. The normalized spacial score (nSPS) is 15.5. The highest BCUT2D eigenvalue weighted by molar-refractivity contribution is 8.26. The number of aromatic amines is 2. The first-order chi connectivity index (χ1) is 15.2. The lowest BCUT2D eigenvalue weighted by molar-refractivity contribution is -0.122. The number of H-pyrrole nitrogens is 2. The minimum absolute atomic E-state index is 0.0535. The molecular weight excluding hydrogens is 428 g/mol. The number of thioether (sulfide) groups is 1. The fraction of sp³-hybridized carbons (Fsp3) is 0.136. The van der Waals surface area contributed by atoms with Crippen LogP contribution in [0.3, 0.4) is 0 Å². The first-order valence-corrected chi connectivity index (χ1v) is 11.1. The van der Waals surface area contributed by atoms with Gasteiger partial charge in [-0.1, -0.05) is 53.5 Å². The van der Waals surface area contributed by atoms with Gasteiger partial charge in [0, 0.05) is 24.7 Å². The monoisotopic (exact) mass is 446 g/mol. The summed E-state index contributed by atoms with van der Waals surface area (Å²) in [4.78, 5) is 18.4. The molecular formula is C22H18N6OS2. The Kier molecular flexibility index (Phi) is 5.35. The van der Waals surface area contributed by atoms with Crippen LogP contribution in [0.1, 0.15) is 17.8 Å². The van der Waals surface area contributed by atoms with E-state index in [0.29, 0.717) is 28.0 Å². The number of benzene rings is 2. The van der Waals surface area contributed by atoms with E-state index in [1.54, 1.807) is 4.90 Å². The molecule has 9 heteroatoms. The summed E-state index contributed by atoms with van der Waals surface area (Å²) in [6, 6.07) is 16.6. The standard InChI is InChI=1S/C22H18N6OS2/c29-21-19(31-22(30)28(21)10-2-5-20-24-26-27-25-20)12-14-3-1-4-15(11-14)16-6-7-18-17(13-16)8-9-23-18/h1,3-4,6-9,11-13,23H,2,5,10H2,(H,24,25,26,27). The van der Waals surface area contributed by atoms with Crippen LogP contribution in [0.2, 0.25) is 0 Å². The van der Waals surface area contributed by atoms with Crippen LogP contribution >= 0.6 is 24.0 Å². The Labute approximate surface area is 187 Å². The van der Waals surface area contributed by atoms with Crippen molar-refractivity contribution in [1.29, 1.82) is 0 Å². The number of rotatable bonds is 6. The number of fused-ring (bicyclic) bond motifs is 1. The largest absolute Gasteiger partial charge is 0.361 e. The van der Waals surface area contributed by atoms with E-state index in [1.807, 2.05) is 24.4 Å². The van der Waals surface area contributed by atoms with Gasteiger partial charge < -0.3 is 4.98 Å². The van der Waals surface area contributed by atoms with Crippen LogP contribution in [0.5, 0.6) is 0 Å². The number of hydrogen-bond donors (Lipinski definition) is 2. The highest BCUT2D eigenvalue weighted by atomic mass is 32.2. The third kappa shape index (κ3) is 4.14. The maximum Gasteiger partial charge on any atom is 0.266 e. The predicted molar refractivity (Wildman–Crippen MR) is 126 cm³/mol. The van der Waals surface area contributed by atoms with Crippen molar-refractivity contribution in [1.82, 2.24) is 30.5 Å². The van der Waals surface area contributed by atoms with Gasteiger partial charge >= 0.3 is 0 Å². The third-order valence-electron chi connectivity index (χ3n) is 5.12. The molecule has 154 valence electrons. The van der Waals surface area contributed by atoms with Gasteiger partial charge in [0.2, 0.25) is 0 Å². The molecule has 0 spiro atoms. The quantitative estimate of drug-likeness (QED) is 0.341. The second kappa shape index (κ2) is 8.44. The van der Waals surface area contributed by atoms with E-state index < -0.39 is 0 Å². The number of carbonyl (C=O) groups is 1. The van der Waals surface area contributed by atoms with Crippen LogP contribution in [0, 0.1) is 0 Å². The Morgan fingerprint density at radius 2 is 2.03 bits per heavy atom. The van der Waals surface area contributed by atoms with Gasteiger partial charge in [0.15, 0.2) is 5.82 Å². The van der Waals surface area contributed by atoms with E-state index in [-0.39, 0.29) is 5.91 Å². The number of aryl methyl sites for hydroxylation is 1. The van der Waals surface area contributed by atoms with E-state index >= 15 is 0 Å². The summed E-state index contributed by atoms with van der Waals surface area (Å²) >= 11 is 6.78. The Morgan fingerprint density at radius 3 is 2.90 bits per heavy atom. The van der Waals surface area contributed by atoms with Gasteiger partial charge in [-0.3, -0.25) is 9.69 Å². The summed E-state index contributed by atoms with van der Waals surface area (Å²) in [5, 5.41) is 15.0. The van der Waals surface area contributed by atoms with Crippen LogP contribution < -0.4 is 0 Å². The van der Waals surface area contributed by atoms with Crippen LogP contribution in [0.25, 0.3) is 28.1 Å². The molecule has 31 heavy (non-hydrogen) atoms. The van der Waals surface area contributed by atoms with Crippen molar-refractivity contribution in [3.63, 3.8) is 0 Å². The second-order valence-corrected chi connectivity index (χ2v) is 8.85.